The standard InChI is InChI=1S/C15H21N5O3/c1-8(2)13(22)18-15-17-12-11(14(23)19-15)16-7-20(12)10-4-3-9(5-10)6-21/h7-10,21H,3-6H2,1-2H3,(H2,17,18,19,22,23). The molecule has 1 amide bonds. The minimum absolute atomic E-state index is 0.139. The van der Waals surface area contributed by atoms with Gasteiger partial charge in [0.15, 0.2) is 11.2 Å². The van der Waals surface area contributed by atoms with E-state index in [4.69, 9.17) is 0 Å². The molecule has 1 aliphatic carbocycles. The topological polar surface area (TPSA) is 113 Å². The van der Waals surface area contributed by atoms with Gasteiger partial charge in [0.05, 0.1) is 6.33 Å². The zero-order valence-corrected chi connectivity index (χ0v) is 13.2. The number of fused-ring (bicyclic) bond motifs is 1. The number of aliphatic hydroxyl groups is 1. The number of aromatic amines is 1. The number of anilines is 1. The molecule has 2 unspecified atom stereocenters. The first-order chi connectivity index (χ1) is 11.0. The molecule has 124 valence electrons. The molecule has 0 aliphatic heterocycles. The molecule has 1 saturated carbocycles. The molecule has 2 aromatic heterocycles. The predicted molar refractivity (Wildman–Crippen MR) is 85.1 cm³/mol. The zero-order valence-electron chi connectivity index (χ0n) is 13.2. The number of carbonyl (C=O) groups excluding carboxylic acids is 1. The van der Waals surface area contributed by atoms with Crippen molar-refractivity contribution in [1.82, 2.24) is 19.5 Å². The van der Waals surface area contributed by atoms with Crippen molar-refractivity contribution in [2.24, 2.45) is 11.8 Å². The fraction of sp³-hybridized carbons (Fsp3) is 0.600. The van der Waals surface area contributed by atoms with Crippen LogP contribution in [0.1, 0.15) is 39.2 Å². The Hall–Kier alpha value is -2.22. The lowest BCUT2D eigenvalue weighted by Gasteiger charge is -2.13. The number of hydrogen-bond acceptors (Lipinski definition) is 5. The Labute approximate surface area is 133 Å². The van der Waals surface area contributed by atoms with E-state index in [0.29, 0.717) is 5.65 Å². The van der Waals surface area contributed by atoms with E-state index in [9.17, 15) is 14.7 Å². The third kappa shape index (κ3) is 2.98. The Bertz CT molecular complexity index is 779. The van der Waals surface area contributed by atoms with Gasteiger partial charge in [-0.1, -0.05) is 13.8 Å². The first kappa shape index (κ1) is 15.7. The minimum Gasteiger partial charge on any atom is -0.396 e. The number of nitrogens with zero attached hydrogens (tertiary/aromatic N) is 3. The quantitative estimate of drug-likeness (QED) is 0.779. The van der Waals surface area contributed by atoms with E-state index < -0.39 is 0 Å². The van der Waals surface area contributed by atoms with Crippen molar-refractivity contribution in [3.63, 3.8) is 0 Å². The smallest absolute Gasteiger partial charge is 0.280 e. The van der Waals surface area contributed by atoms with Gasteiger partial charge in [0.25, 0.3) is 5.56 Å². The van der Waals surface area contributed by atoms with Crippen LogP contribution in [0, 0.1) is 11.8 Å². The number of imidazole rings is 1. The van der Waals surface area contributed by atoms with Gasteiger partial charge in [-0.25, -0.2) is 4.98 Å². The summed E-state index contributed by atoms with van der Waals surface area (Å²) in [4.78, 5) is 35.0. The van der Waals surface area contributed by atoms with Crippen molar-refractivity contribution >= 4 is 23.0 Å². The second-order valence-corrected chi connectivity index (χ2v) is 6.40. The molecule has 8 heteroatoms. The fourth-order valence-corrected chi connectivity index (χ4v) is 2.98. The van der Waals surface area contributed by atoms with E-state index in [1.54, 1.807) is 20.2 Å². The van der Waals surface area contributed by atoms with Crippen LogP contribution in [0.5, 0.6) is 0 Å². The minimum atomic E-state index is -0.371. The Morgan fingerprint density at radius 1 is 1.52 bits per heavy atom. The van der Waals surface area contributed by atoms with Crippen LogP contribution in [-0.2, 0) is 4.79 Å². The highest BCUT2D eigenvalue weighted by Crippen LogP contribution is 2.35. The summed E-state index contributed by atoms with van der Waals surface area (Å²) in [6.45, 7) is 3.71. The van der Waals surface area contributed by atoms with Crippen LogP contribution in [0.25, 0.3) is 11.2 Å². The second kappa shape index (κ2) is 6.11. The highest BCUT2D eigenvalue weighted by atomic mass is 16.3. The highest BCUT2D eigenvalue weighted by molar-refractivity contribution is 5.91. The number of carbonyl (C=O) groups is 1. The molecule has 0 aromatic carbocycles. The van der Waals surface area contributed by atoms with Gasteiger partial charge in [0.2, 0.25) is 11.9 Å². The SMILES string of the molecule is CC(C)C(=O)Nc1nc2c(ncn2C2CCC(CO)C2)c(=O)[nH]1. The van der Waals surface area contributed by atoms with E-state index in [-0.39, 0.29) is 47.4 Å². The van der Waals surface area contributed by atoms with Crippen LogP contribution >= 0.6 is 0 Å². The van der Waals surface area contributed by atoms with Crippen LogP contribution in [0.3, 0.4) is 0 Å². The third-order valence-corrected chi connectivity index (χ3v) is 4.36. The van der Waals surface area contributed by atoms with Crippen molar-refractivity contribution in [3.05, 3.63) is 16.7 Å². The number of nitrogens with one attached hydrogen (secondary N) is 2. The largest absolute Gasteiger partial charge is 0.396 e. The van der Waals surface area contributed by atoms with Crippen LogP contribution < -0.4 is 10.9 Å². The predicted octanol–water partition coefficient (Wildman–Crippen LogP) is 1.05. The van der Waals surface area contributed by atoms with Crippen molar-refractivity contribution < 1.29 is 9.90 Å². The Kier molecular flexibility index (Phi) is 4.16. The van der Waals surface area contributed by atoms with Crippen molar-refractivity contribution in [2.75, 3.05) is 11.9 Å². The molecule has 8 nitrogen and oxygen atoms in total. The summed E-state index contributed by atoms with van der Waals surface area (Å²) in [6.07, 6.45) is 4.31. The maximum Gasteiger partial charge on any atom is 0.280 e. The molecule has 0 bridgehead atoms. The van der Waals surface area contributed by atoms with E-state index in [2.05, 4.69) is 20.3 Å². The molecule has 3 N–H and O–H groups in total. The van der Waals surface area contributed by atoms with Crippen molar-refractivity contribution in [1.29, 1.82) is 0 Å². The molecule has 2 atom stereocenters. The van der Waals surface area contributed by atoms with Gasteiger partial charge in [-0.2, -0.15) is 4.98 Å². The van der Waals surface area contributed by atoms with E-state index >= 15 is 0 Å². The van der Waals surface area contributed by atoms with Crippen LogP contribution in [-0.4, -0.2) is 37.1 Å². The van der Waals surface area contributed by atoms with Crippen LogP contribution in [0.2, 0.25) is 0 Å². The number of aromatic nitrogens is 4. The van der Waals surface area contributed by atoms with Gasteiger partial charge >= 0.3 is 0 Å². The van der Waals surface area contributed by atoms with Crippen molar-refractivity contribution in [2.45, 2.75) is 39.2 Å². The molecule has 3 rings (SSSR count). The van der Waals surface area contributed by atoms with Gasteiger partial charge in [-0.05, 0) is 25.2 Å². The molecular formula is C15H21N5O3. The lowest BCUT2D eigenvalue weighted by molar-refractivity contribution is -0.118. The summed E-state index contributed by atoms with van der Waals surface area (Å²) in [5, 5.41) is 11.9. The highest BCUT2D eigenvalue weighted by Gasteiger charge is 2.27. The molecule has 23 heavy (non-hydrogen) atoms. The Balaban J connectivity index is 1.96. The van der Waals surface area contributed by atoms with Crippen LogP contribution in [0.15, 0.2) is 11.1 Å². The van der Waals surface area contributed by atoms with Crippen LogP contribution in [0.4, 0.5) is 5.95 Å². The number of hydrogen-bond donors (Lipinski definition) is 3. The Morgan fingerprint density at radius 3 is 2.96 bits per heavy atom. The number of H-pyrrole nitrogens is 1. The summed E-state index contributed by atoms with van der Waals surface area (Å²) in [5.74, 6) is 0.0000429. The molecular weight excluding hydrogens is 298 g/mol. The number of rotatable bonds is 4. The monoisotopic (exact) mass is 319 g/mol. The average Bonchev–Trinajstić information content (AvgIpc) is 3.12. The molecule has 1 aliphatic rings. The molecule has 0 saturated heterocycles. The lowest BCUT2D eigenvalue weighted by Crippen LogP contribution is -2.22. The van der Waals surface area contributed by atoms with Crippen molar-refractivity contribution in [3.8, 4) is 0 Å². The molecule has 2 aromatic rings. The maximum atomic E-state index is 12.1. The molecule has 0 radical (unpaired) electrons. The van der Waals surface area contributed by atoms with Gasteiger partial charge in [0, 0.05) is 18.6 Å². The van der Waals surface area contributed by atoms with E-state index in [1.807, 2.05) is 4.57 Å². The molecule has 0 spiro atoms. The van der Waals surface area contributed by atoms with Gasteiger partial charge in [-0.3, -0.25) is 19.9 Å². The third-order valence-electron chi connectivity index (χ3n) is 4.36. The average molecular weight is 319 g/mol. The summed E-state index contributed by atoms with van der Waals surface area (Å²) < 4.78 is 1.88. The summed E-state index contributed by atoms with van der Waals surface area (Å²) in [7, 11) is 0. The maximum absolute atomic E-state index is 12.1. The van der Waals surface area contributed by atoms with Gasteiger partial charge in [0.1, 0.15) is 0 Å². The van der Waals surface area contributed by atoms with Gasteiger partial charge in [-0.15, -0.1) is 0 Å². The molecule has 1 fully saturated rings. The first-order valence-electron chi connectivity index (χ1n) is 7.88. The lowest BCUT2D eigenvalue weighted by atomic mass is 10.1. The number of aliphatic hydroxyl groups excluding tert-OH is 1. The summed E-state index contributed by atoms with van der Waals surface area (Å²) in [5.41, 5.74) is 0.362. The normalized spacial score (nSPS) is 21.2. The molecule has 2 heterocycles. The second-order valence-electron chi connectivity index (χ2n) is 6.40. The fourth-order valence-electron chi connectivity index (χ4n) is 2.98. The summed E-state index contributed by atoms with van der Waals surface area (Å²) >= 11 is 0. The zero-order chi connectivity index (χ0) is 16.6. The number of amides is 1. The van der Waals surface area contributed by atoms with E-state index in [0.717, 1.165) is 19.3 Å². The van der Waals surface area contributed by atoms with E-state index in [1.165, 1.54) is 0 Å². The van der Waals surface area contributed by atoms with Gasteiger partial charge < -0.3 is 9.67 Å². The Morgan fingerprint density at radius 2 is 2.30 bits per heavy atom. The summed E-state index contributed by atoms with van der Waals surface area (Å²) in [6, 6.07) is 0.167. The first-order valence-corrected chi connectivity index (χ1v) is 7.88.